The number of halogens is 1. The average molecular weight is 514 g/mol. The molecule has 4 rings (SSSR count). The van der Waals surface area contributed by atoms with Gasteiger partial charge in [0.2, 0.25) is 4.96 Å². The topological polar surface area (TPSA) is 65.7 Å². The summed E-state index contributed by atoms with van der Waals surface area (Å²) in [6.07, 6.45) is 6.51. The van der Waals surface area contributed by atoms with E-state index in [4.69, 9.17) is 9.47 Å². The zero-order chi connectivity index (χ0) is 22.5. The summed E-state index contributed by atoms with van der Waals surface area (Å²) < 4.78 is 14.0. The van der Waals surface area contributed by atoms with Crippen molar-refractivity contribution in [2.45, 2.75) is 32.6 Å². The number of fused-ring (bicyclic) bond motifs is 1. The van der Waals surface area contributed by atoms with Gasteiger partial charge in [0.15, 0.2) is 5.82 Å². The van der Waals surface area contributed by atoms with Crippen LogP contribution in [0.5, 0.6) is 11.5 Å². The van der Waals surface area contributed by atoms with E-state index >= 15 is 0 Å². The van der Waals surface area contributed by atoms with Gasteiger partial charge in [0.25, 0.3) is 5.56 Å². The van der Waals surface area contributed by atoms with Crippen LogP contribution in [-0.4, -0.2) is 28.3 Å². The molecule has 4 aromatic rings. The third-order valence-corrected chi connectivity index (χ3v) is 6.49. The first-order chi connectivity index (χ1) is 15.6. The second-order valence-corrected chi connectivity index (χ2v) is 9.29. The van der Waals surface area contributed by atoms with Crippen molar-refractivity contribution in [3.63, 3.8) is 0 Å². The molecule has 0 aliphatic heterocycles. The highest BCUT2D eigenvalue weighted by atomic mass is 79.9. The molecule has 0 spiro atoms. The lowest BCUT2D eigenvalue weighted by Crippen LogP contribution is -2.23. The quantitative estimate of drug-likeness (QED) is 0.291. The van der Waals surface area contributed by atoms with Crippen LogP contribution in [0, 0.1) is 0 Å². The standard InChI is InChI=1S/C24H24BrN3O3S/c1-3-4-5-6-13-31-19-10-7-16(8-11-19)22-26-24-28(27-22)23(29)21(32-24)15-17-14-18(25)9-12-20(17)30-2/h7-12,14-15H,3-6,13H2,1-2H3/b21-15+. The number of ether oxygens (including phenoxy) is 2. The van der Waals surface area contributed by atoms with Gasteiger partial charge >= 0.3 is 0 Å². The van der Waals surface area contributed by atoms with E-state index in [2.05, 4.69) is 32.9 Å². The predicted octanol–water partition coefficient (Wildman–Crippen LogP) is 5.10. The smallest absolute Gasteiger partial charge is 0.291 e. The lowest BCUT2D eigenvalue weighted by Gasteiger charge is -2.06. The van der Waals surface area contributed by atoms with Crippen molar-refractivity contribution in [1.82, 2.24) is 14.6 Å². The van der Waals surface area contributed by atoms with Crippen LogP contribution in [0.4, 0.5) is 0 Å². The Morgan fingerprint density at radius 3 is 2.66 bits per heavy atom. The molecule has 0 radical (unpaired) electrons. The van der Waals surface area contributed by atoms with E-state index in [1.165, 1.54) is 35.1 Å². The number of benzene rings is 2. The molecular weight excluding hydrogens is 490 g/mol. The number of thiazole rings is 1. The van der Waals surface area contributed by atoms with Crippen molar-refractivity contribution in [2.75, 3.05) is 13.7 Å². The van der Waals surface area contributed by atoms with E-state index in [0.29, 0.717) is 21.1 Å². The molecular formula is C24H24BrN3O3S. The summed E-state index contributed by atoms with van der Waals surface area (Å²) in [6, 6.07) is 13.3. The van der Waals surface area contributed by atoms with E-state index in [9.17, 15) is 4.79 Å². The Bertz CT molecular complexity index is 1320. The van der Waals surface area contributed by atoms with Crippen LogP contribution in [0.15, 0.2) is 51.7 Å². The molecule has 32 heavy (non-hydrogen) atoms. The van der Waals surface area contributed by atoms with Crippen LogP contribution in [0.1, 0.15) is 38.2 Å². The predicted molar refractivity (Wildman–Crippen MR) is 132 cm³/mol. The van der Waals surface area contributed by atoms with Gasteiger partial charge in [-0.15, -0.1) is 5.10 Å². The van der Waals surface area contributed by atoms with Crippen LogP contribution in [0.25, 0.3) is 22.4 Å². The molecule has 166 valence electrons. The highest BCUT2D eigenvalue weighted by molar-refractivity contribution is 9.10. The first-order valence-electron chi connectivity index (χ1n) is 10.6. The minimum absolute atomic E-state index is 0.196. The molecule has 2 aromatic heterocycles. The second kappa shape index (κ2) is 10.3. The molecule has 0 unspecified atom stereocenters. The van der Waals surface area contributed by atoms with Gasteiger partial charge < -0.3 is 9.47 Å². The Hall–Kier alpha value is -2.71. The zero-order valence-corrected chi connectivity index (χ0v) is 20.4. The van der Waals surface area contributed by atoms with Gasteiger partial charge in [-0.3, -0.25) is 4.79 Å². The van der Waals surface area contributed by atoms with E-state index in [1.807, 2.05) is 42.5 Å². The second-order valence-electron chi connectivity index (χ2n) is 7.37. The third-order valence-electron chi connectivity index (χ3n) is 5.04. The maximum Gasteiger partial charge on any atom is 0.291 e. The van der Waals surface area contributed by atoms with Gasteiger partial charge in [0.05, 0.1) is 18.2 Å². The van der Waals surface area contributed by atoms with Crippen LogP contribution in [0.2, 0.25) is 0 Å². The molecule has 2 aromatic carbocycles. The fourth-order valence-corrected chi connectivity index (χ4v) is 4.61. The van der Waals surface area contributed by atoms with Gasteiger partial charge in [0, 0.05) is 15.6 Å². The molecule has 0 fully saturated rings. The fraction of sp³-hybridized carbons (Fsp3) is 0.292. The number of unbranched alkanes of at least 4 members (excludes halogenated alkanes) is 3. The lowest BCUT2D eigenvalue weighted by atomic mass is 10.2. The number of nitrogens with zero attached hydrogens (tertiary/aromatic N) is 3. The molecule has 6 nitrogen and oxygen atoms in total. The number of aromatic nitrogens is 3. The molecule has 0 aliphatic rings. The van der Waals surface area contributed by atoms with Crippen molar-refractivity contribution in [2.24, 2.45) is 0 Å². The number of hydrogen-bond acceptors (Lipinski definition) is 6. The SMILES string of the molecule is CCCCCCOc1ccc(-c2nc3s/c(=C/c4cc(Br)ccc4OC)c(=O)n3n2)cc1. The molecule has 0 atom stereocenters. The summed E-state index contributed by atoms with van der Waals surface area (Å²) in [7, 11) is 1.61. The highest BCUT2D eigenvalue weighted by Gasteiger charge is 2.13. The fourth-order valence-electron chi connectivity index (χ4n) is 3.33. The van der Waals surface area contributed by atoms with E-state index in [-0.39, 0.29) is 5.56 Å². The summed E-state index contributed by atoms with van der Waals surface area (Å²) in [5, 5.41) is 4.43. The van der Waals surface area contributed by atoms with Gasteiger partial charge in [-0.05, 0) is 55.0 Å². The van der Waals surface area contributed by atoms with Crippen molar-refractivity contribution in [3.8, 4) is 22.9 Å². The van der Waals surface area contributed by atoms with Crippen molar-refractivity contribution in [3.05, 3.63) is 67.4 Å². The summed E-state index contributed by atoms with van der Waals surface area (Å²) in [4.78, 5) is 18.0. The van der Waals surface area contributed by atoms with Crippen molar-refractivity contribution < 1.29 is 9.47 Å². The van der Waals surface area contributed by atoms with Gasteiger partial charge in [-0.25, -0.2) is 0 Å². The first-order valence-corrected chi connectivity index (χ1v) is 12.2. The number of methoxy groups -OCH3 is 1. The molecule has 0 bridgehead atoms. The van der Waals surface area contributed by atoms with Gasteiger partial charge in [-0.1, -0.05) is 53.5 Å². The Balaban J connectivity index is 1.55. The molecule has 2 heterocycles. The first kappa shape index (κ1) is 22.5. The van der Waals surface area contributed by atoms with Crippen LogP contribution < -0.4 is 19.6 Å². The Labute approximate surface area is 198 Å². The molecule has 0 aliphatic carbocycles. The highest BCUT2D eigenvalue weighted by Crippen LogP contribution is 2.24. The molecule has 0 N–H and O–H groups in total. The number of hydrogen-bond donors (Lipinski definition) is 0. The van der Waals surface area contributed by atoms with Crippen LogP contribution in [0.3, 0.4) is 0 Å². The van der Waals surface area contributed by atoms with Gasteiger partial charge in [0.1, 0.15) is 11.5 Å². The van der Waals surface area contributed by atoms with Crippen LogP contribution in [-0.2, 0) is 0 Å². The van der Waals surface area contributed by atoms with E-state index in [1.54, 1.807) is 13.2 Å². The molecule has 0 amide bonds. The zero-order valence-electron chi connectivity index (χ0n) is 18.0. The Kier molecular flexibility index (Phi) is 7.22. The number of rotatable bonds is 9. The van der Waals surface area contributed by atoms with Crippen molar-refractivity contribution >= 4 is 38.3 Å². The van der Waals surface area contributed by atoms with Gasteiger partial charge in [-0.2, -0.15) is 9.50 Å². The average Bonchev–Trinajstić information content (AvgIpc) is 3.34. The minimum atomic E-state index is -0.196. The minimum Gasteiger partial charge on any atom is -0.496 e. The summed E-state index contributed by atoms with van der Waals surface area (Å²) in [5.41, 5.74) is 1.46. The summed E-state index contributed by atoms with van der Waals surface area (Å²) >= 11 is 4.77. The maximum atomic E-state index is 12.9. The van der Waals surface area contributed by atoms with Crippen molar-refractivity contribution in [1.29, 1.82) is 0 Å². The Morgan fingerprint density at radius 1 is 1.12 bits per heavy atom. The monoisotopic (exact) mass is 513 g/mol. The molecule has 0 saturated heterocycles. The Morgan fingerprint density at radius 2 is 1.94 bits per heavy atom. The lowest BCUT2D eigenvalue weighted by molar-refractivity contribution is 0.305. The molecule has 0 saturated carbocycles. The van der Waals surface area contributed by atoms with Crippen LogP contribution >= 0.6 is 27.3 Å². The summed E-state index contributed by atoms with van der Waals surface area (Å²) in [5.74, 6) is 2.05. The van der Waals surface area contributed by atoms with E-state index in [0.717, 1.165) is 34.4 Å². The third kappa shape index (κ3) is 5.02. The maximum absolute atomic E-state index is 12.9. The molecule has 8 heteroatoms. The summed E-state index contributed by atoms with van der Waals surface area (Å²) in [6.45, 7) is 2.92. The normalized spacial score (nSPS) is 11.9. The largest absolute Gasteiger partial charge is 0.496 e. The van der Waals surface area contributed by atoms with E-state index < -0.39 is 0 Å².